The van der Waals surface area contributed by atoms with Crippen LogP contribution in [0.1, 0.15) is 59.1 Å². The monoisotopic (exact) mass is 1130 g/mol. The first-order chi connectivity index (χ1) is 44.1. The summed E-state index contributed by atoms with van der Waals surface area (Å²) in [7, 11) is 0. The largest absolute Gasteiger partial charge is 0.309 e. The molecule has 0 amide bonds. The summed E-state index contributed by atoms with van der Waals surface area (Å²) in [5.41, 5.74) is 29.2. The lowest BCUT2D eigenvalue weighted by Crippen LogP contribution is -2.31. The molecular formula is C87H60N2. The number of fused-ring (bicyclic) bond motifs is 8. The number of aromatic nitrogens is 2. The van der Waals surface area contributed by atoms with Gasteiger partial charge in [-0.1, -0.05) is 255 Å². The standard InChI is InChI=1S/C87H60N2/c1-4-22-59(23-5-1)64-24-6-2-7-25-69(54-64)73-32-10-15-37-80(73)87(81-38-16-11-33-74(81)75-34-12-17-39-82(75)87)70-28-20-26-65(55-70)62-46-42-60(43-47-62)61-44-48-63(49-45-61)66-27-21-31-72(56-66)89-84-41-19-14-36-77(84)79-58-68(51-53-86(79)89)67-50-52-85-78(57-67)76-35-13-18-40-83(76)88(85)71-29-8-3-9-30-71/h1,3-5,8-16,18-24,26-38,40-58H,6,17,25,39H2/b64-24+,69-54+. The van der Waals surface area contributed by atoms with Crippen molar-refractivity contribution in [1.29, 1.82) is 0 Å². The van der Waals surface area contributed by atoms with Crippen LogP contribution in [0.5, 0.6) is 0 Å². The normalized spacial score (nSPS) is 16.5. The second-order valence-electron chi connectivity index (χ2n) is 23.9. The maximum atomic E-state index is 3.55. The minimum atomic E-state index is -0.517. The molecule has 3 aliphatic rings. The summed E-state index contributed by atoms with van der Waals surface area (Å²) >= 11 is 0. The predicted molar refractivity (Wildman–Crippen MR) is 374 cm³/mol. The number of hydrogen-bond acceptors (Lipinski definition) is 0. The van der Waals surface area contributed by atoms with E-state index in [9.17, 15) is 0 Å². The number of rotatable bonds is 10. The average Bonchev–Trinajstić information content (AvgIpc) is 1.60. The minimum Gasteiger partial charge on any atom is -0.309 e. The summed E-state index contributed by atoms with van der Waals surface area (Å²) in [6, 6.07) is 108. The van der Waals surface area contributed by atoms with Gasteiger partial charge in [-0.3, -0.25) is 0 Å². The van der Waals surface area contributed by atoms with Crippen LogP contribution < -0.4 is 0 Å². The van der Waals surface area contributed by atoms with E-state index in [-0.39, 0.29) is 0 Å². The highest BCUT2D eigenvalue weighted by Gasteiger charge is 2.48. The Balaban J connectivity index is 0.684. The van der Waals surface area contributed by atoms with Crippen molar-refractivity contribution >= 4 is 60.3 Å². The van der Waals surface area contributed by atoms with Gasteiger partial charge in [0, 0.05) is 45.8 Å². The fourth-order valence-electron chi connectivity index (χ4n) is 15.0. The zero-order valence-electron chi connectivity index (χ0n) is 49.2. The third-order valence-corrected chi connectivity index (χ3v) is 19.0. The van der Waals surface area contributed by atoms with E-state index in [1.54, 1.807) is 0 Å². The van der Waals surface area contributed by atoms with Gasteiger partial charge in [-0.15, -0.1) is 0 Å². The zero-order chi connectivity index (χ0) is 58.8. The number of benzene rings is 12. The van der Waals surface area contributed by atoms with Crippen molar-refractivity contribution in [3.05, 3.63) is 354 Å². The molecule has 0 bridgehead atoms. The van der Waals surface area contributed by atoms with Crippen molar-refractivity contribution in [3.63, 3.8) is 0 Å². The van der Waals surface area contributed by atoms with Crippen molar-refractivity contribution in [1.82, 2.24) is 9.13 Å². The third kappa shape index (κ3) is 8.72. The fourth-order valence-corrected chi connectivity index (χ4v) is 15.0. The van der Waals surface area contributed by atoms with Crippen LogP contribution in [0.2, 0.25) is 0 Å². The molecule has 0 fully saturated rings. The molecular weight excluding hydrogens is 1070 g/mol. The first kappa shape index (κ1) is 52.1. The molecule has 1 atom stereocenters. The lowest BCUT2D eigenvalue weighted by Gasteiger charge is -2.38. The molecule has 0 saturated heterocycles. The highest BCUT2D eigenvalue weighted by atomic mass is 15.0. The van der Waals surface area contributed by atoms with Gasteiger partial charge in [0.05, 0.1) is 27.5 Å². The number of nitrogens with zero attached hydrogens (tertiary/aromatic N) is 2. The number of allylic oxidation sites excluding steroid dienone is 8. The third-order valence-electron chi connectivity index (χ3n) is 19.0. The smallest absolute Gasteiger partial charge is 0.0682 e. The summed E-state index contributed by atoms with van der Waals surface area (Å²) in [5, 5.41) is 4.98. The molecule has 2 aromatic heterocycles. The van der Waals surface area contributed by atoms with E-state index in [4.69, 9.17) is 0 Å². The first-order valence-corrected chi connectivity index (χ1v) is 31.2. The van der Waals surface area contributed by atoms with Gasteiger partial charge in [-0.25, -0.2) is 0 Å². The minimum absolute atomic E-state index is 0.517. The second-order valence-corrected chi connectivity index (χ2v) is 23.9. The van der Waals surface area contributed by atoms with Gasteiger partial charge in [-0.2, -0.15) is 0 Å². The van der Waals surface area contributed by atoms with Crippen molar-refractivity contribution < 1.29 is 0 Å². The van der Waals surface area contributed by atoms with Crippen LogP contribution in [0.15, 0.2) is 321 Å². The Morgan fingerprint density at radius 2 is 0.831 bits per heavy atom. The first-order valence-electron chi connectivity index (χ1n) is 31.2. The van der Waals surface area contributed by atoms with Crippen molar-refractivity contribution in [2.24, 2.45) is 0 Å². The Labute approximate surface area is 519 Å². The molecule has 2 nitrogen and oxygen atoms in total. The van der Waals surface area contributed by atoms with Crippen molar-refractivity contribution in [2.45, 2.75) is 31.1 Å². The molecule has 0 N–H and O–H groups in total. The Morgan fingerprint density at radius 3 is 1.49 bits per heavy atom. The highest BCUT2D eigenvalue weighted by Crippen LogP contribution is 2.59. The molecule has 418 valence electrons. The van der Waals surface area contributed by atoms with E-state index in [0.29, 0.717) is 6.42 Å². The van der Waals surface area contributed by atoms with E-state index in [2.05, 4.69) is 336 Å². The molecule has 12 aromatic carbocycles. The maximum absolute atomic E-state index is 3.55. The zero-order valence-corrected chi connectivity index (χ0v) is 49.2. The molecule has 0 radical (unpaired) electrons. The van der Waals surface area contributed by atoms with E-state index >= 15 is 0 Å². The predicted octanol–water partition coefficient (Wildman–Crippen LogP) is 22.3. The lowest BCUT2D eigenvalue weighted by molar-refractivity contribution is 0.694. The Hall–Kier alpha value is -11.2. The van der Waals surface area contributed by atoms with Crippen LogP contribution in [0.4, 0.5) is 0 Å². The lowest BCUT2D eigenvalue weighted by atomic mass is 9.63. The van der Waals surface area contributed by atoms with Gasteiger partial charge in [0.15, 0.2) is 0 Å². The average molecular weight is 1130 g/mol. The molecule has 14 aromatic rings. The molecule has 0 saturated carbocycles. The highest BCUT2D eigenvalue weighted by molar-refractivity contribution is 6.13. The molecule has 2 heteroatoms. The van der Waals surface area contributed by atoms with Gasteiger partial charge in [0.1, 0.15) is 0 Å². The molecule has 2 heterocycles. The summed E-state index contributed by atoms with van der Waals surface area (Å²) < 4.78 is 4.81. The maximum Gasteiger partial charge on any atom is 0.0682 e. The molecule has 3 aliphatic carbocycles. The van der Waals surface area contributed by atoms with Crippen molar-refractivity contribution in [3.8, 4) is 67.7 Å². The SMILES string of the molecule is C1#CC/C(c2ccccc2C2(c3cccc(-c4ccc(-c5ccc(-c6cccc(-n7c8ccccc8c8cc(-c9ccc%10c(c9)c9ccccc9n%10-c9ccccc9)ccc87)c6)cc5)cc4)c3)C3=C(C=CCC3)c3ccccc32)=C\C(c2ccccc2)=C/C1. The quantitative estimate of drug-likeness (QED) is 0.121. The van der Waals surface area contributed by atoms with Crippen LogP contribution in [0, 0.1) is 11.8 Å². The molecule has 0 spiro atoms. The number of hydrogen-bond donors (Lipinski definition) is 0. The van der Waals surface area contributed by atoms with Crippen molar-refractivity contribution in [2.75, 3.05) is 0 Å². The van der Waals surface area contributed by atoms with Crippen LogP contribution in [0.25, 0.3) is 116 Å². The summed E-state index contributed by atoms with van der Waals surface area (Å²) in [4.78, 5) is 0. The fraction of sp³-hybridized carbons (Fsp3) is 0.0575. The van der Waals surface area contributed by atoms with E-state index in [1.807, 2.05) is 0 Å². The molecule has 89 heavy (non-hydrogen) atoms. The van der Waals surface area contributed by atoms with Crippen LogP contribution >= 0.6 is 0 Å². The molecule has 1 unspecified atom stereocenters. The van der Waals surface area contributed by atoms with Crippen LogP contribution in [-0.4, -0.2) is 9.13 Å². The van der Waals surface area contributed by atoms with Crippen LogP contribution in [0.3, 0.4) is 0 Å². The van der Waals surface area contributed by atoms with Crippen LogP contribution in [-0.2, 0) is 5.41 Å². The number of para-hydroxylation sites is 3. The van der Waals surface area contributed by atoms with E-state index < -0.39 is 5.41 Å². The molecule has 17 rings (SSSR count). The summed E-state index contributed by atoms with van der Waals surface area (Å²) in [5.74, 6) is 7.02. The van der Waals surface area contributed by atoms with Gasteiger partial charge in [0.25, 0.3) is 0 Å². The second kappa shape index (κ2) is 21.6. The van der Waals surface area contributed by atoms with E-state index in [1.165, 1.54) is 149 Å². The van der Waals surface area contributed by atoms with Gasteiger partial charge in [0.2, 0.25) is 0 Å². The Kier molecular flexibility index (Phi) is 12.7. The summed E-state index contributed by atoms with van der Waals surface area (Å²) in [6.07, 6.45) is 12.9. The van der Waals surface area contributed by atoms with Gasteiger partial charge in [-0.05, 0) is 186 Å². The Bertz CT molecular complexity index is 5340. The topological polar surface area (TPSA) is 9.86 Å². The Morgan fingerprint density at radius 1 is 0.348 bits per heavy atom. The van der Waals surface area contributed by atoms with E-state index in [0.717, 1.165) is 24.9 Å². The van der Waals surface area contributed by atoms with Gasteiger partial charge < -0.3 is 9.13 Å². The molecule has 0 aliphatic heterocycles. The van der Waals surface area contributed by atoms with Gasteiger partial charge >= 0.3 is 0 Å². The summed E-state index contributed by atoms with van der Waals surface area (Å²) in [6.45, 7) is 0.